The fourth-order valence-electron chi connectivity index (χ4n) is 1.72. The number of halogens is 2. The normalized spacial score (nSPS) is 10.2. The number of benzene rings is 2. The molecule has 0 saturated carbocycles. The van der Waals surface area contributed by atoms with Crippen LogP contribution in [-0.2, 0) is 4.79 Å². The maximum atomic E-state index is 11.2. The van der Waals surface area contributed by atoms with Crippen LogP contribution in [0.1, 0.15) is 6.92 Å². The Morgan fingerprint density at radius 1 is 1.22 bits per heavy atom. The lowest BCUT2D eigenvalue weighted by Crippen LogP contribution is -2.06. The molecule has 2 aromatic rings. The zero-order valence-corrected chi connectivity index (χ0v) is 12.0. The number of amides is 1. The maximum absolute atomic E-state index is 11.2. The molecule has 2 nitrogen and oxygen atoms in total. The third kappa shape index (κ3) is 3.12. The van der Waals surface area contributed by atoms with Crippen molar-refractivity contribution in [3.8, 4) is 11.1 Å². The summed E-state index contributed by atoms with van der Waals surface area (Å²) < 4.78 is 0.914. The summed E-state index contributed by atoms with van der Waals surface area (Å²) in [6.07, 6.45) is 0. The Balaban J connectivity index is 2.52. The monoisotopic (exact) mass is 323 g/mol. The van der Waals surface area contributed by atoms with Crippen LogP contribution >= 0.6 is 27.5 Å². The van der Waals surface area contributed by atoms with Gasteiger partial charge in [0, 0.05) is 27.7 Å². The van der Waals surface area contributed by atoms with E-state index in [2.05, 4.69) is 21.2 Å². The highest BCUT2D eigenvalue weighted by Crippen LogP contribution is 2.32. The van der Waals surface area contributed by atoms with Crippen molar-refractivity contribution < 1.29 is 4.79 Å². The van der Waals surface area contributed by atoms with E-state index in [0.29, 0.717) is 5.02 Å². The largest absolute Gasteiger partial charge is 0.326 e. The number of carbonyl (C=O) groups excluding carboxylic acids is 1. The first-order valence-corrected chi connectivity index (χ1v) is 6.56. The van der Waals surface area contributed by atoms with Crippen molar-refractivity contribution in [2.45, 2.75) is 6.92 Å². The van der Waals surface area contributed by atoms with Crippen molar-refractivity contribution in [1.29, 1.82) is 0 Å². The van der Waals surface area contributed by atoms with Crippen LogP contribution in [-0.4, -0.2) is 5.91 Å². The molecule has 0 aliphatic rings. The Labute approximate surface area is 119 Å². The molecular formula is C14H11BrClNO. The van der Waals surface area contributed by atoms with Gasteiger partial charge < -0.3 is 5.32 Å². The molecule has 4 heteroatoms. The third-order valence-corrected chi connectivity index (χ3v) is 3.16. The van der Waals surface area contributed by atoms with Gasteiger partial charge in [0.25, 0.3) is 0 Å². The van der Waals surface area contributed by atoms with Crippen molar-refractivity contribution in [3.05, 3.63) is 52.0 Å². The van der Waals surface area contributed by atoms with E-state index in [1.54, 1.807) is 0 Å². The van der Waals surface area contributed by atoms with E-state index in [4.69, 9.17) is 11.6 Å². The number of nitrogens with one attached hydrogen (secondary N) is 1. The van der Waals surface area contributed by atoms with Crippen molar-refractivity contribution >= 4 is 39.1 Å². The predicted octanol–water partition coefficient (Wildman–Crippen LogP) is 4.73. The summed E-state index contributed by atoms with van der Waals surface area (Å²) in [7, 11) is 0. The molecule has 92 valence electrons. The molecule has 1 amide bonds. The highest BCUT2D eigenvalue weighted by atomic mass is 79.9. The van der Waals surface area contributed by atoms with Crippen LogP contribution in [0.15, 0.2) is 46.9 Å². The molecule has 2 aromatic carbocycles. The van der Waals surface area contributed by atoms with Gasteiger partial charge in [-0.1, -0.05) is 45.7 Å². The summed E-state index contributed by atoms with van der Waals surface area (Å²) in [5.41, 5.74) is 2.67. The molecule has 18 heavy (non-hydrogen) atoms. The average molecular weight is 325 g/mol. The first kappa shape index (κ1) is 13.1. The summed E-state index contributed by atoms with van der Waals surface area (Å²) in [6.45, 7) is 1.49. The fraction of sp³-hybridized carbons (Fsp3) is 0.0714. The average Bonchev–Trinajstić information content (AvgIpc) is 2.28. The minimum absolute atomic E-state index is 0.101. The van der Waals surface area contributed by atoms with E-state index < -0.39 is 0 Å². The highest BCUT2D eigenvalue weighted by molar-refractivity contribution is 9.10. The molecule has 2 rings (SSSR count). The van der Waals surface area contributed by atoms with Crippen LogP contribution in [0.25, 0.3) is 11.1 Å². The van der Waals surface area contributed by atoms with E-state index in [0.717, 1.165) is 21.3 Å². The number of carbonyl (C=O) groups is 1. The third-order valence-electron chi connectivity index (χ3n) is 2.43. The van der Waals surface area contributed by atoms with Gasteiger partial charge in [-0.25, -0.2) is 0 Å². The van der Waals surface area contributed by atoms with E-state index in [1.165, 1.54) is 6.92 Å². The van der Waals surface area contributed by atoms with Crippen LogP contribution in [0.5, 0.6) is 0 Å². The summed E-state index contributed by atoms with van der Waals surface area (Å²) in [4.78, 5) is 11.2. The second-order valence-electron chi connectivity index (χ2n) is 3.88. The molecule has 0 aliphatic heterocycles. The van der Waals surface area contributed by atoms with E-state index in [9.17, 15) is 4.79 Å². The van der Waals surface area contributed by atoms with E-state index in [1.807, 2.05) is 42.5 Å². The minimum Gasteiger partial charge on any atom is -0.326 e. The molecule has 0 spiro atoms. The van der Waals surface area contributed by atoms with Gasteiger partial charge in [-0.3, -0.25) is 4.79 Å². The Morgan fingerprint density at radius 2 is 2.00 bits per heavy atom. The van der Waals surface area contributed by atoms with E-state index >= 15 is 0 Å². The zero-order valence-electron chi connectivity index (χ0n) is 9.71. The lowest BCUT2D eigenvalue weighted by Gasteiger charge is -2.11. The SMILES string of the molecule is CC(=O)Nc1cc(Br)ccc1-c1cccc(Cl)c1. The molecule has 0 bridgehead atoms. The number of hydrogen-bond donors (Lipinski definition) is 1. The summed E-state index contributed by atoms with van der Waals surface area (Å²) in [5.74, 6) is -0.101. The van der Waals surface area contributed by atoms with Gasteiger partial charge in [0.05, 0.1) is 0 Å². The smallest absolute Gasteiger partial charge is 0.221 e. The maximum Gasteiger partial charge on any atom is 0.221 e. The first-order chi connectivity index (χ1) is 8.56. The molecule has 0 aliphatic carbocycles. The quantitative estimate of drug-likeness (QED) is 0.850. The zero-order chi connectivity index (χ0) is 13.1. The lowest BCUT2D eigenvalue weighted by molar-refractivity contribution is -0.114. The van der Waals surface area contributed by atoms with Gasteiger partial charge in [-0.2, -0.15) is 0 Å². The second-order valence-corrected chi connectivity index (χ2v) is 5.23. The van der Waals surface area contributed by atoms with Crippen LogP contribution < -0.4 is 5.32 Å². The number of rotatable bonds is 2. The molecule has 0 heterocycles. The summed E-state index contributed by atoms with van der Waals surface area (Å²) >= 11 is 9.38. The lowest BCUT2D eigenvalue weighted by atomic mass is 10.0. The van der Waals surface area contributed by atoms with Crippen molar-refractivity contribution in [1.82, 2.24) is 0 Å². The Hall–Kier alpha value is -1.32. The molecule has 0 saturated heterocycles. The van der Waals surface area contributed by atoms with Gasteiger partial charge in [0.15, 0.2) is 0 Å². The minimum atomic E-state index is -0.101. The van der Waals surface area contributed by atoms with Crippen LogP contribution in [0.2, 0.25) is 5.02 Å². The van der Waals surface area contributed by atoms with Gasteiger partial charge >= 0.3 is 0 Å². The molecular weight excluding hydrogens is 314 g/mol. The van der Waals surface area contributed by atoms with Crippen molar-refractivity contribution in [3.63, 3.8) is 0 Å². The highest BCUT2D eigenvalue weighted by Gasteiger charge is 2.07. The molecule has 0 fully saturated rings. The van der Waals surface area contributed by atoms with Gasteiger partial charge in [0.2, 0.25) is 5.91 Å². The predicted molar refractivity (Wildman–Crippen MR) is 78.9 cm³/mol. The molecule has 1 N–H and O–H groups in total. The first-order valence-electron chi connectivity index (χ1n) is 5.39. The molecule has 0 atom stereocenters. The molecule has 0 unspecified atom stereocenters. The van der Waals surface area contributed by atoms with Crippen LogP contribution in [0, 0.1) is 0 Å². The summed E-state index contributed by atoms with van der Waals surface area (Å²) in [5, 5.41) is 3.49. The summed E-state index contributed by atoms with van der Waals surface area (Å²) in [6, 6.07) is 13.3. The second kappa shape index (κ2) is 5.55. The van der Waals surface area contributed by atoms with Gasteiger partial charge in [0.1, 0.15) is 0 Å². The van der Waals surface area contributed by atoms with Crippen molar-refractivity contribution in [2.24, 2.45) is 0 Å². The Kier molecular flexibility index (Phi) is 4.04. The van der Waals surface area contributed by atoms with Gasteiger partial charge in [-0.05, 0) is 29.8 Å². The topological polar surface area (TPSA) is 29.1 Å². The van der Waals surface area contributed by atoms with Crippen LogP contribution in [0.4, 0.5) is 5.69 Å². The Morgan fingerprint density at radius 3 is 2.67 bits per heavy atom. The molecule has 0 radical (unpaired) electrons. The molecule has 0 aromatic heterocycles. The van der Waals surface area contributed by atoms with Crippen LogP contribution in [0.3, 0.4) is 0 Å². The van der Waals surface area contributed by atoms with Crippen molar-refractivity contribution in [2.75, 3.05) is 5.32 Å². The fourth-order valence-corrected chi connectivity index (χ4v) is 2.27. The Bertz CT molecular complexity index is 598. The number of anilines is 1. The number of hydrogen-bond acceptors (Lipinski definition) is 1. The van der Waals surface area contributed by atoms with Gasteiger partial charge in [-0.15, -0.1) is 0 Å². The van der Waals surface area contributed by atoms with E-state index in [-0.39, 0.29) is 5.91 Å². The standard InChI is InChI=1S/C14H11BrClNO/c1-9(18)17-14-8-11(15)5-6-13(14)10-3-2-4-12(16)7-10/h2-8H,1H3,(H,17,18).